The van der Waals surface area contributed by atoms with E-state index in [-0.39, 0.29) is 12.1 Å². The van der Waals surface area contributed by atoms with Crippen molar-refractivity contribution in [3.05, 3.63) is 47.3 Å². The molecular weight excluding hydrogens is 288 g/mol. The lowest BCUT2D eigenvalue weighted by molar-refractivity contribution is 0.235. The molecule has 0 saturated carbocycles. The molecule has 5 nitrogen and oxygen atoms in total. The Morgan fingerprint density at radius 3 is 2.43 bits per heavy atom. The number of aromatic nitrogens is 2. The Labute approximate surface area is 138 Å². The molecule has 5 heteroatoms. The largest absolute Gasteiger partial charge is 0.335 e. The molecule has 0 radical (unpaired) electrons. The van der Waals surface area contributed by atoms with Gasteiger partial charge in [0.25, 0.3) is 0 Å². The second-order valence-corrected chi connectivity index (χ2v) is 5.74. The van der Waals surface area contributed by atoms with Gasteiger partial charge in [-0.1, -0.05) is 32.0 Å². The SMILES string of the molecule is CCC(CC)NC(=O)NCc1c(C)nn(-c2ccccc2)c1C. The number of amides is 2. The highest BCUT2D eigenvalue weighted by atomic mass is 16.2. The average molecular weight is 314 g/mol. The molecule has 0 spiro atoms. The van der Waals surface area contributed by atoms with Gasteiger partial charge in [0.15, 0.2) is 0 Å². The van der Waals surface area contributed by atoms with Crippen LogP contribution >= 0.6 is 0 Å². The molecule has 124 valence electrons. The Balaban J connectivity index is 2.07. The lowest BCUT2D eigenvalue weighted by Gasteiger charge is -2.15. The fraction of sp³-hybridized carbons (Fsp3) is 0.444. The quantitative estimate of drug-likeness (QED) is 0.857. The molecule has 1 aromatic carbocycles. The minimum absolute atomic E-state index is 0.120. The monoisotopic (exact) mass is 314 g/mol. The molecule has 23 heavy (non-hydrogen) atoms. The third kappa shape index (κ3) is 4.12. The van der Waals surface area contributed by atoms with Crippen LogP contribution in [0.25, 0.3) is 5.69 Å². The van der Waals surface area contributed by atoms with Crippen LogP contribution in [-0.4, -0.2) is 21.9 Å². The number of para-hydroxylation sites is 1. The lowest BCUT2D eigenvalue weighted by atomic mass is 10.2. The van der Waals surface area contributed by atoms with E-state index in [1.165, 1.54) is 0 Å². The molecule has 2 aromatic rings. The van der Waals surface area contributed by atoms with E-state index in [9.17, 15) is 4.79 Å². The fourth-order valence-corrected chi connectivity index (χ4v) is 2.65. The van der Waals surface area contributed by atoms with Gasteiger partial charge in [0.2, 0.25) is 0 Å². The van der Waals surface area contributed by atoms with E-state index >= 15 is 0 Å². The van der Waals surface area contributed by atoms with Crippen molar-refractivity contribution in [1.82, 2.24) is 20.4 Å². The molecular formula is C18H26N4O. The predicted octanol–water partition coefficient (Wildman–Crippen LogP) is 3.48. The highest BCUT2D eigenvalue weighted by Gasteiger charge is 2.14. The number of urea groups is 1. The average Bonchev–Trinajstić information content (AvgIpc) is 2.86. The summed E-state index contributed by atoms with van der Waals surface area (Å²) in [7, 11) is 0. The highest BCUT2D eigenvalue weighted by molar-refractivity contribution is 5.74. The summed E-state index contributed by atoms with van der Waals surface area (Å²) in [5.41, 5.74) is 4.08. The van der Waals surface area contributed by atoms with Gasteiger partial charge in [0, 0.05) is 23.8 Å². The molecule has 0 saturated heterocycles. The van der Waals surface area contributed by atoms with Crippen LogP contribution in [0.15, 0.2) is 30.3 Å². The first kappa shape index (κ1) is 17.1. The van der Waals surface area contributed by atoms with Crippen LogP contribution < -0.4 is 10.6 Å². The third-order valence-corrected chi connectivity index (χ3v) is 4.19. The Kier molecular flexibility index (Phi) is 5.79. The zero-order valence-electron chi connectivity index (χ0n) is 14.4. The first-order valence-corrected chi connectivity index (χ1v) is 8.21. The van der Waals surface area contributed by atoms with E-state index in [1.807, 2.05) is 48.9 Å². The lowest BCUT2D eigenvalue weighted by Crippen LogP contribution is -2.41. The number of aryl methyl sites for hydroxylation is 1. The van der Waals surface area contributed by atoms with Gasteiger partial charge in [0.05, 0.1) is 11.4 Å². The summed E-state index contributed by atoms with van der Waals surface area (Å²) in [4.78, 5) is 12.0. The van der Waals surface area contributed by atoms with Gasteiger partial charge in [-0.2, -0.15) is 5.10 Å². The number of nitrogens with one attached hydrogen (secondary N) is 2. The molecule has 1 heterocycles. The molecule has 1 aromatic heterocycles. The maximum Gasteiger partial charge on any atom is 0.315 e. The Morgan fingerprint density at radius 2 is 1.83 bits per heavy atom. The minimum atomic E-state index is -0.120. The van der Waals surface area contributed by atoms with Crippen LogP contribution in [0.5, 0.6) is 0 Å². The van der Waals surface area contributed by atoms with E-state index in [1.54, 1.807) is 0 Å². The second-order valence-electron chi connectivity index (χ2n) is 5.74. The van der Waals surface area contributed by atoms with Gasteiger partial charge in [-0.15, -0.1) is 0 Å². The van der Waals surface area contributed by atoms with Gasteiger partial charge in [0.1, 0.15) is 0 Å². The zero-order chi connectivity index (χ0) is 16.8. The smallest absolute Gasteiger partial charge is 0.315 e. The predicted molar refractivity (Wildman–Crippen MR) is 92.8 cm³/mol. The maximum absolute atomic E-state index is 12.0. The molecule has 0 aliphatic rings. The Morgan fingerprint density at radius 1 is 1.17 bits per heavy atom. The molecule has 0 atom stereocenters. The minimum Gasteiger partial charge on any atom is -0.335 e. The fourth-order valence-electron chi connectivity index (χ4n) is 2.65. The van der Waals surface area contributed by atoms with Crippen molar-refractivity contribution in [2.24, 2.45) is 0 Å². The number of nitrogens with zero attached hydrogens (tertiary/aromatic N) is 2. The standard InChI is InChI=1S/C18H26N4O/c1-5-15(6-2)20-18(23)19-12-17-13(3)21-22(14(17)4)16-10-8-7-9-11-16/h7-11,15H,5-6,12H2,1-4H3,(H2,19,20,23). The number of carbonyl (C=O) groups excluding carboxylic acids is 1. The van der Waals surface area contributed by atoms with Crippen LogP contribution in [0.3, 0.4) is 0 Å². The Hall–Kier alpha value is -2.30. The summed E-state index contributed by atoms with van der Waals surface area (Å²) in [5, 5.41) is 10.5. The Bertz CT molecular complexity index is 645. The van der Waals surface area contributed by atoms with Gasteiger partial charge in [-0.05, 0) is 38.8 Å². The van der Waals surface area contributed by atoms with Crippen LogP contribution in [0, 0.1) is 13.8 Å². The summed E-state index contributed by atoms with van der Waals surface area (Å²) >= 11 is 0. The number of benzene rings is 1. The first-order valence-electron chi connectivity index (χ1n) is 8.21. The van der Waals surface area contributed by atoms with Gasteiger partial charge in [-0.3, -0.25) is 0 Å². The number of rotatable bonds is 6. The normalized spacial score (nSPS) is 10.8. The van der Waals surface area contributed by atoms with Crippen molar-refractivity contribution in [3.63, 3.8) is 0 Å². The third-order valence-electron chi connectivity index (χ3n) is 4.19. The van der Waals surface area contributed by atoms with Gasteiger partial charge < -0.3 is 10.6 Å². The molecule has 0 bridgehead atoms. The van der Waals surface area contributed by atoms with Crippen molar-refractivity contribution in [3.8, 4) is 5.69 Å². The number of hydrogen-bond donors (Lipinski definition) is 2. The van der Waals surface area contributed by atoms with E-state index in [0.29, 0.717) is 6.54 Å². The summed E-state index contributed by atoms with van der Waals surface area (Å²) < 4.78 is 1.92. The summed E-state index contributed by atoms with van der Waals surface area (Å²) in [5.74, 6) is 0. The van der Waals surface area contributed by atoms with Crippen molar-refractivity contribution in [2.75, 3.05) is 0 Å². The zero-order valence-corrected chi connectivity index (χ0v) is 14.4. The second kappa shape index (κ2) is 7.81. The van der Waals surface area contributed by atoms with Crippen LogP contribution in [0.2, 0.25) is 0 Å². The van der Waals surface area contributed by atoms with Crippen molar-refractivity contribution in [1.29, 1.82) is 0 Å². The van der Waals surface area contributed by atoms with E-state index in [4.69, 9.17) is 0 Å². The number of hydrogen-bond acceptors (Lipinski definition) is 2. The molecule has 0 aliphatic carbocycles. The van der Waals surface area contributed by atoms with E-state index < -0.39 is 0 Å². The molecule has 2 amide bonds. The molecule has 0 aliphatic heterocycles. The van der Waals surface area contributed by atoms with Gasteiger partial charge in [-0.25, -0.2) is 9.48 Å². The number of carbonyl (C=O) groups is 1. The van der Waals surface area contributed by atoms with Crippen LogP contribution in [0.4, 0.5) is 4.79 Å². The van der Waals surface area contributed by atoms with E-state index in [2.05, 4.69) is 29.6 Å². The molecule has 0 unspecified atom stereocenters. The molecule has 2 N–H and O–H groups in total. The summed E-state index contributed by atoms with van der Waals surface area (Å²) in [6.07, 6.45) is 1.88. The molecule has 2 rings (SSSR count). The topological polar surface area (TPSA) is 59.0 Å². The van der Waals surface area contributed by atoms with Crippen LogP contribution in [0.1, 0.15) is 43.6 Å². The van der Waals surface area contributed by atoms with Crippen molar-refractivity contribution >= 4 is 6.03 Å². The highest BCUT2D eigenvalue weighted by Crippen LogP contribution is 2.17. The van der Waals surface area contributed by atoms with Crippen LogP contribution in [-0.2, 0) is 6.54 Å². The van der Waals surface area contributed by atoms with Crippen molar-refractivity contribution in [2.45, 2.75) is 53.1 Å². The maximum atomic E-state index is 12.0. The summed E-state index contributed by atoms with van der Waals surface area (Å²) in [6.45, 7) is 8.64. The summed E-state index contributed by atoms with van der Waals surface area (Å²) in [6, 6.07) is 10.1. The first-order chi connectivity index (χ1) is 11.1. The van der Waals surface area contributed by atoms with E-state index in [0.717, 1.165) is 35.5 Å². The van der Waals surface area contributed by atoms with Gasteiger partial charge >= 0.3 is 6.03 Å². The molecule has 0 fully saturated rings. The van der Waals surface area contributed by atoms with Crippen molar-refractivity contribution < 1.29 is 4.79 Å².